The van der Waals surface area contributed by atoms with Gasteiger partial charge in [0, 0.05) is 15.1 Å². The summed E-state index contributed by atoms with van der Waals surface area (Å²) >= 11 is 10.6. The molecule has 0 spiro atoms. The molecule has 1 aliphatic rings. The van der Waals surface area contributed by atoms with Crippen molar-refractivity contribution in [2.24, 2.45) is 4.99 Å². The molecule has 0 fully saturated rings. The van der Waals surface area contributed by atoms with E-state index in [0.717, 1.165) is 0 Å². The van der Waals surface area contributed by atoms with E-state index in [9.17, 15) is 14.7 Å². The molecule has 1 aromatic heterocycles. The third-order valence-corrected chi connectivity index (χ3v) is 6.97. The van der Waals surface area contributed by atoms with Crippen LogP contribution in [0.15, 0.2) is 61.9 Å². The van der Waals surface area contributed by atoms with Crippen LogP contribution in [-0.2, 0) is 9.53 Å². The van der Waals surface area contributed by atoms with E-state index in [1.54, 1.807) is 56.3 Å². The number of rotatable bonds is 5. The van der Waals surface area contributed by atoms with Crippen LogP contribution in [0, 0.1) is 0 Å². The molecule has 0 bridgehead atoms. The first-order valence-corrected chi connectivity index (χ1v) is 12.3. The number of thiazole rings is 1. The Morgan fingerprint density at radius 1 is 1.32 bits per heavy atom. The van der Waals surface area contributed by atoms with Crippen LogP contribution in [0.3, 0.4) is 0 Å². The molecular weight excluding hydrogens is 544 g/mol. The molecule has 0 saturated carbocycles. The molecular formula is C24H20BrClN2O5S. The van der Waals surface area contributed by atoms with E-state index in [0.29, 0.717) is 35.7 Å². The third-order valence-electron chi connectivity index (χ3n) is 5.28. The molecule has 0 aliphatic carbocycles. The molecule has 7 nitrogen and oxygen atoms in total. The summed E-state index contributed by atoms with van der Waals surface area (Å²) < 4.78 is 13.0. The minimum atomic E-state index is -0.736. The van der Waals surface area contributed by atoms with Gasteiger partial charge in [0.2, 0.25) is 0 Å². The van der Waals surface area contributed by atoms with Crippen molar-refractivity contribution in [2.75, 3.05) is 13.7 Å². The molecule has 0 radical (unpaired) electrons. The number of esters is 1. The van der Waals surface area contributed by atoms with Gasteiger partial charge in [-0.3, -0.25) is 9.36 Å². The molecule has 0 amide bonds. The Morgan fingerprint density at radius 3 is 2.68 bits per heavy atom. The van der Waals surface area contributed by atoms with Crippen LogP contribution in [0.25, 0.3) is 6.08 Å². The number of halogens is 2. The van der Waals surface area contributed by atoms with Gasteiger partial charge >= 0.3 is 5.97 Å². The number of ether oxygens (including phenoxy) is 2. The van der Waals surface area contributed by atoms with Gasteiger partial charge in [-0.1, -0.05) is 51.0 Å². The molecule has 0 saturated heterocycles. The number of allylic oxidation sites excluding steroid dienone is 1. The number of aromatic nitrogens is 1. The summed E-state index contributed by atoms with van der Waals surface area (Å²) in [5.41, 5.74) is 1.51. The van der Waals surface area contributed by atoms with Crippen LogP contribution in [0.4, 0.5) is 0 Å². The van der Waals surface area contributed by atoms with Crippen LogP contribution in [-0.4, -0.2) is 29.4 Å². The zero-order chi connectivity index (χ0) is 24.6. The molecule has 2 heterocycles. The lowest BCUT2D eigenvalue weighted by Gasteiger charge is -2.24. The van der Waals surface area contributed by atoms with Crippen LogP contribution in [0.1, 0.15) is 31.0 Å². The van der Waals surface area contributed by atoms with Crippen molar-refractivity contribution in [3.05, 3.63) is 88.0 Å². The van der Waals surface area contributed by atoms with Gasteiger partial charge < -0.3 is 14.6 Å². The van der Waals surface area contributed by atoms with Gasteiger partial charge in [0.25, 0.3) is 5.56 Å². The lowest BCUT2D eigenvalue weighted by atomic mass is 9.96. The molecule has 176 valence electrons. The van der Waals surface area contributed by atoms with Crippen LogP contribution in [0.2, 0.25) is 5.02 Å². The third kappa shape index (κ3) is 4.43. The number of nitrogens with zero attached hydrogens (tertiary/aromatic N) is 2. The summed E-state index contributed by atoms with van der Waals surface area (Å²) in [5.74, 6) is -0.352. The van der Waals surface area contributed by atoms with Crippen molar-refractivity contribution in [3.8, 4) is 11.5 Å². The lowest BCUT2D eigenvalue weighted by Crippen LogP contribution is -2.39. The summed E-state index contributed by atoms with van der Waals surface area (Å²) in [7, 11) is 1.45. The Labute approximate surface area is 212 Å². The predicted octanol–water partition coefficient (Wildman–Crippen LogP) is 3.93. The van der Waals surface area contributed by atoms with Gasteiger partial charge in [-0.05, 0) is 49.8 Å². The monoisotopic (exact) mass is 562 g/mol. The average molecular weight is 564 g/mol. The minimum absolute atomic E-state index is 0.0887. The minimum Gasteiger partial charge on any atom is -0.504 e. The fourth-order valence-corrected chi connectivity index (χ4v) is 5.37. The zero-order valence-electron chi connectivity index (χ0n) is 18.5. The smallest absolute Gasteiger partial charge is 0.338 e. The number of benzene rings is 2. The second-order valence-corrected chi connectivity index (χ2v) is 9.76. The maximum atomic E-state index is 13.6. The largest absolute Gasteiger partial charge is 0.504 e. The van der Waals surface area contributed by atoms with Gasteiger partial charge in [-0.2, -0.15) is 0 Å². The Bertz CT molecular complexity index is 1490. The van der Waals surface area contributed by atoms with E-state index in [2.05, 4.69) is 20.9 Å². The highest BCUT2D eigenvalue weighted by Crippen LogP contribution is 2.34. The second kappa shape index (κ2) is 9.77. The predicted molar refractivity (Wildman–Crippen MR) is 134 cm³/mol. The number of aromatic hydroxyl groups is 1. The van der Waals surface area contributed by atoms with E-state index >= 15 is 0 Å². The quantitative estimate of drug-likeness (QED) is 0.475. The fourth-order valence-electron chi connectivity index (χ4n) is 3.75. The molecule has 1 aliphatic heterocycles. The molecule has 3 aromatic rings. The number of methoxy groups -OCH3 is 1. The molecule has 10 heteroatoms. The summed E-state index contributed by atoms with van der Waals surface area (Å²) in [4.78, 5) is 31.5. The Kier molecular flexibility index (Phi) is 6.97. The average Bonchev–Trinajstić information content (AvgIpc) is 3.10. The van der Waals surface area contributed by atoms with Gasteiger partial charge in [-0.15, -0.1) is 0 Å². The molecule has 4 rings (SSSR count). The van der Waals surface area contributed by atoms with E-state index in [1.165, 1.54) is 23.0 Å². The van der Waals surface area contributed by atoms with Gasteiger partial charge in [0.1, 0.15) is 0 Å². The van der Waals surface area contributed by atoms with E-state index in [1.807, 2.05) is 0 Å². The molecule has 0 unspecified atom stereocenters. The van der Waals surface area contributed by atoms with Crippen molar-refractivity contribution in [3.63, 3.8) is 0 Å². The Balaban J connectivity index is 1.97. The normalized spacial score (nSPS) is 15.7. The van der Waals surface area contributed by atoms with E-state index < -0.39 is 12.0 Å². The number of phenols is 1. The number of hydrogen-bond donors (Lipinski definition) is 1. The topological polar surface area (TPSA) is 90.1 Å². The number of hydrogen-bond acceptors (Lipinski definition) is 7. The van der Waals surface area contributed by atoms with Gasteiger partial charge in [0.15, 0.2) is 16.3 Å². The number of carbonyl (C=O) groups excluding carboxylic acids is 1. The number of fused-ring (bicyclic) bond motifs is 1. The maximum Gasteiger partial charge on any atom is 0.338 e. The second-order valence-electron chi connectivity index (χ2n) is 7.40. The zero-order valence-corrected chi connectivity index (χ0v) is 21.6. The van der Waals surface area contributed by atoms with Gasteiger partial charge in [-0.25, -0.2) is 9.79 Å². The summed E-state index contributed by atoms with van der Waals surface area (Å²) in [6.07, 6.45) is 1.58. The SMILES string of the molecule is CCOC(=O)C1=C(C)N=c2s/c(=C/c3cc(Br)cc(OC)c3O)c(=O)n2[C@@H]1c1ccc(Cl)cc1. The first-order valence-electron chi connectivity index (χ1n) is 10.3. The van der Waals surface area contributed by atoms with Crippen LogP contribution >= 0.6 is 38.9 Å². The van der Waals surface area contributed by atoms with Crippen molar-refractivity contribution in [1.82, 2.24) is 4.57 Å². The highest BCUT2D eigenvalue weighted by Gasteiger charge is 2.33. The molecule has 1 N–H and O–H groups in total. The van der Waals surface area contributed by atoms with E-state index in [4.69, 9.17) is 21.1 Å². The van der Waals surface area contributed by atoms with Crippen molar-refractivity contribution in [2.45, 2.75) is 19.9 Å². The summed E-state index contributed by atoms with van der Waals surface area (Å²) in [5, 5.41) is 11.1. The summed E-state index contributed by atoms with van der Waals surface area (Å²) in [6, 6.07) is 9.53. The van der Waals surface area contributed by atoms with Crippen LogP contribution < -0.4 is 19.6 Å². The Morgan fingerprint density at radius 2 is 2.03 bits per heavy atom. The first kappa shape index (κ1) is 24.3. The highest BCUT2D eigenvalue weighted by atomic mass is 79.9. The van der Waals surface area contributed by atoms with Crippen molar-refractivity contribution >= 4 is 50.9 Å². The summed E-state index contributed by atoms with van der Waals surface area (Å²) in [6.45, 7) is 3.63. The van der Waals surface area contributed by atoms with Crippen molar-refractivity contribution in [1.29, 1.82) is 0 Å². The number of phenolic OH excluding ortho intramolecular Hbond substituents is 1. The van der Waals surface area contributed by atoms with Crippen molar-refractivity contribution < 1.29 is 19.4 Å². The molecule has 34 heavy (non-hydrogen) atoms. The molecule has 1 atom stereocenters. The Hall–Kier alpha value is -2.88. The van der Waals surface area contributed by atoms with Crippen LogP contribution in [0.5, 0.6) is 11.5 Å². The van der Waals surface area contributed by atoms with Gasteiger partial charge in [0.05, 0.1) is 35.6 Å². The highest BCUT2D eigenvalue weighted by molar-refractivity contribution is 9.10. The fraction of sp³-hybridized carbons (Fsp3) is 0.208. The standard InChI is InChI=1S/C24H20BrClN2O5S/c1-4-33-23(31)19-12(2)27-24-28(20(19)13-5-7-16(26)8-6-13)22(30)18(34-24)10-14-9-15(25)11-17(32-3)21(14)29/h5-11,20,29H,4H2,1-3H3/b18-10+/t20-/m1/s1. The van der Waals surface area contributed by atoms with E-state index in [-0.39, 0.29) is 29.2 Å². The molecule has 2 aromatic carbocycles. The number of carbonyl (C=O) groups is 1. The first-order chi connectivity index (χ1) is 16.2. The maximum absolute atomic E-state index is 13.6. The lowest BCUT2D eigenvalue weighted by molar-refractivity contribution is -0.139.